The van der Waals surface area contributed by atoms with E-state index in [0.29, 0.717) is 17.1 Å². The molecular weight excluding hydrogens is 233 g/mol. The van der Waals surface area contributed by atoms with Crippen molar-refractivity contribution >= 4 is 23.0 Å². The minimum Gasteiger partial charge on any atom is -0.399 e. The Kier molecular flexibility index (Phi) is 3.14. The summed E-state index contributed by atoms with van der Waals surface area (Å²) in [5.74, 6) is -1.46. The molecule has 4 nitrogen and oxygen atoms in total. The molecule has 0 heterocycles. The van der Waals surface area contributed by atoms with Gasteiger partial charge in [0, 0.05) is 11.4 Å². The van der Waals surface area contributed by atoms with Crippen LogP contribution >= 0.6 is 0 Å². The number of benzene rings is 2. The lowest BCUT2D eigenvalue weighted by molar-refractivity contribution is 0.0997. The largest absolute Gasteiger partial charge is 0.399 e. The number of anilines is 3. The minimum atomic E-state index is -0.814. The second-order valence-corrected chi connectivity index (χ2v) is 3.77. The molecule has 0 radical (unpaired) electrons. The third-order valence-corrected chi connectivity index (χ3v) is 2.45. The molecule has 0 aliphatic heterocycles. The summed E-state index contributed by atoms with van der Waals surface area (Å²) in [6.45, 7) is 0. The maximum atomic E-state index is 13.5. The molecule has 0 aliphatic rings. The maximum absolute atomic E-state index is 13.5. The van der Waals surface area contributed by atoms with E-state index in [1.54, 1.807) is 30.3 Å². The number of nitrogen functional groups attached to an aromatic ring is 1. The first-order valence-corrected chi connectivity index (χ1v) is 5.29. The summed E-state index contributed by atoms with van der Waals surface area (Å²) < 4.78 is 13.5. The zero-order valence-electron chi connectivity index (χ0n) is 9.48. The number of nitrogens with one attached hydrogen (secondary N) is 1. The van der Waals surface area contributed by atoms with E-state index in [1.807, 2.05) is 0 Å². The van der Waals surface area contributed by atoms with E-state index in [2.05, 4.69) is 5.32 Å². The molecule has 0 aliphatic carbocycles. The topological polar surface area (TPSA) is 81.1 Å². The monoisotopic (exact) mass is 245 g/mol. The van der Waals surface area contributed by atoms with E-state index < -0.39 is 11.7 Å². The van der Waals surface area contributed by atoms with Crippen LogP contribution in [0.25, 0.3) is 0 Å². The van der Waals surface area contributed by atoms with Gasteiger partial charge in [0.15, 0.2) is 0 Å². The SMILES string of the molecule is NC(=O)c1c(F)cccc1Nc1ccc(N)cc1. The number of halogens is 1. The van der Waals surface area contributed by atoms with Crippen LogP contribution in [-0.4, -0.2) is 5.91 Å². The van der Waals surface area contributed by atoms with Crippen LogP contribution in [0, 0.1) is 5.82 Å². The number of rotatable bonds is 3. The van der Waals surface area contributed by atoms with Gasteiger partial charge in [-0.1, -0.05) is 6.07 Å². The molecule has 5 heteroatoms. The Hall–Kier alpha value is -2.56. The average Bonchev–Trinajstić information content (AvgIpc) is 2.32. The third kappa shape index (κ3) is 2.40. The van der Waals surface area contributed by atoms with Crippen molar-refractivity contribution in [1.29, 1.82) is 0 Å². The summed E-state index contributed by atoms with van der Waals surface area (Å²) in [6.07, 6.45) is 0. The first kappa shape index (κ1) is 11.9. The molecule has 2 aromatic carbocycles. The second-order valence-electron chi connectivity index (χ2n) is 3.77. The lowest BCUT2D eigenvalue weighted by Crippen LogP contribution is -2.15. The molecule has 0 saturated carbocycles. The van der Waals surface area contributed by atoms with Gasteiger partial charge >= 0.3 is 0 Å². The molecule has 1 amide bonds. The Labute approximate surface area is 103 Å². The van der Waals surface area contributed by atoms with Crippen LogP contribution in [0.5, 0.6) is 0 Å². The number of hydrogen-bond donors (Lipinski definition) is 3. The number of amides is 1. The lowest BCUT2D eigenvalue weighted by Gasteiger charge is -2.10. The molecule has 0 bridgehead atoms. The van der Waals surface area contributed by atoms with Gasteiger partial charge in [-0.05, 0) is 36.4 Å². The zero-order chi connectivity index (χ0) is 13.1. The van der Waals surface area contributed by atoms with Crippen LogP contribution in [0.15, 0.2) is 42.5 Å². The van der Waals surface area contributed by atoms with Gasteiger partial charge in [-0.2, -0.15) is 0 Å². The highest BCUT2D eigenvalue weighted by Crippen LogP contribution is 2.23. The van der Waals surface area contributed by atoms with Gasteiger partial charge in [0.25, 0.3) is 5.91 Å². The van der Waals surface area contributed by atoms with Crippen molar-refractivity contribution in [2.75, 3.05) is 11.1 Å². The zero-order valence-corrected chi connectivity index (χ0v) is 9.48. The third-order valence-electron chi connectivity index (χ3n) is 2.45. The van der Waals surface area contributed by atoms with E-state index >= 15 is 0 Å². The highest BCUT2D eigenvalue weighted by atomic mass is 19.1. The van der Waals surface area contributed by atoms with Gasteiger partial charge in [0.05, 0.1) is 11.3 Å². The Morgan fingerprint density at radius 3 is 2.39 bits per heavy atom. The highest BCUT2D eigenvalue weighted by Gasteiger charge is 2.13. The number of carbonyl (C=O) groups excluding carboxylic acids is 1. The van der Waals surface area contributed by atoms with E-state index in [4.69, 9.17) is 11.5 Å². The molecule has 5 N–H and O–H groups in total. The first-order valence-electron chi connectivity index (χ1n) is 5.29. The summed E-state index contributed by atoms with van der Waals surface area (Å²) in [5.41, 5.74) is 12.2. The molecule has 2 rings (SSSR count). The molecule has 0 spiro atoms. The summed E-state index contributed by atoms with van der Waals surface area (Å²) >= 11 is 0. The summed E-state index contributed by atoms with van der Waals surface area (Å²) in [5, 5.41) is 2.93. The van der Waals surface area contributed by atoms with Gasteiger partial charge in [-0.25, -0.2) is 4.39 Å². The summed E-state index contributed by atoms with van der Waals surface area (Å²) in [4.78, 5) is 11.2. The van der Waals surface area contributed by atoms with Crippen LogP contribution in [0.3, 0.4) is 0 Å². The van der Waals surface area contributed by atoms with Gasteiger partial charge < -0.3 is 16.8 Å². The molecule has 0 fully saturated rings. The predicted octanol–water partition coefficient (Wildman–Crippen LogP) is 2.25. The number of hydrogen-bond acceptors (Lipinski definition) is 3. The van der Waals surface area contributed by atoms with Crippen LogP contribution < -0.4 is 16.8 Å². The summed E-state index contributed by atoms with van der Waals surface area (Å²) in [7, 11) is 0. The van der Waals surface area contributed by atoms with Gasteiger partial charge in [-0.15, -0.1) is 0 Å². The smallest absolute Gasteiger partial charge is 0.253 e. The minimum absolute atomic E-state index is 0.158. The lowest BCUT2D eigenvalue weighted by atomic mass is 10.1. The van der Waals surface area contributed by atoms with Crippen molar-refractivity contribution in [3.8, 4) is 0 Å². The van der Waals surface area contributed by atoms with Crippen molar-refractivity contribution < 1.29 is 9.18 Å². The normalized spacial score (nSPS) is 10.1. The molecule has 2 aromatic rings. The second kappa shape index (κ2) is 4.75. The summed E-state index contributed by atoms with van der Waals surface area (Å²) in [6, 6.07) is 11.1. The quantitative estimate of drug-likeness (QED) is 0.725. The Balaban J connectivity index is 2.37. The molecule has 18 heavy (non-hydrogen) atoms. The van der Waals surface area contributed by atoms with E-state index in [1.165, 1.54) is 12.1 Å². The highest BCUT2D eigenvalue weighted by molar-refractivity contribution is 5.99. The number of primary amides is 1. The van der Waals surface area contributed by atoms with Crippen molar-refractivity contribution in [3.63, 3.8) is 0 Å². The Morgan fingerprint density at radius 1 is 1.11 bits per heavy atom. The van der Waals surface area contributed by atoms with E-state index in [9.17, 15) is 9.18 Å². The van der Waals surface area contributed by atoms with Crippen LogP contribution in [-0.2, 0) is 0 Å². The van der Waals surface area contributed by atoms with Crippen molar-refractivity contribution in [2.24, 2.45) is 5.73 Å². The molecule has 0 atom stereocenters. The van der Waals surface area contributed by atoms with E-state index in [-0.39, 0.29) is 5.56 Å². The van der Waals surface area contributed by atoms with E-state index in [0.717, 1.165) is 0 Å². The Bertz CT molecular complexity index is 581. The van der Waals surface area contributed by atoms with Crippen molar-refractivity contribution in [3.05, 3.63) is 53.8 Å². The number of carbonyl (C=O) groups is 1. The van der Waals surface area contributed by atoms with Crippen molar-refractivity contribution in [1.82, 2.24) is 0 Å². The maximum Gasteiger partial charge on any atom is 0.253 e. The van der Waals surface area contributed by atoms with Crippen LogP contribution in [0.4, 0.5) is 21.5 Å². The molecule has 92 valence electrons. The fourth-order valence-electron chi connectivity index (χ4n) is 1.60. The van der Waals surface area contributed by atoms with Crippen LogP contribution in [0.1, 0.15) is 10.4 Å². The number of nitrogens with two attached hydrogens (primary N) is 2. The fourth-order valence-corrected chi connectivity index (χ4v) is 1.60. The van der Waals surface area contributed by atoms with Gasteiger partial charge in [-0.3, -0.25) is 4.79 Å². The fraction of sp³-hybridized carbons (Fsp3) is 0. The van der Waals surface area contributed by atoms with Gasteiger partial charge in [0.1, 0.15) is 5.82 Å². The van der Waals surface area contributed by atoms with Crippen LogP contribution in [0.2, 0.25) is 0 Å². The predicted molar refractivity (Wildman–Crippen MR) is 69.1 cm³/mol. The Morgan fingerprint density at radius 2 is 1.78 bits per heavy atom. The van der Waals surface area contributed by atoms with Gasteiger partial charge in [0.2, 0.25) is 0 Å². The molecule has 0 aromatic heterocycles. The standard InChI is InChI=1S/C13H12FN3O/c14-10-2-1-3-11(12(10)13(16)18)17-9-6-4-8(15)5-7-9/h1-7,17H,15H2,(H2,16,18). The first-order chi connectivity index (χ1) is 8.58. The molecular formula is C13H12FN3O. The van der Waals surface area contributed by atoms with Crippen molar-refractivity contribution in [2.45, 2.75) is 0 Å². The molecule has 0 saturated heterocycles. The average molecular weight is 245 g/mol. The molecule has 0 unspecified atom stereocenters.